The third kappa shape index (κ3) is 1.43. The molecule has 0 bridgehead atoms. The molecule has 1 heterocycles. The Bertz CT molecular complexity index is 458. The lowest BCUT2D eigenvalue weighted by molar-refractivity contribution is 0.542. The molecular formula is C13H16O. The van der Waals surface area contributed by atoms with E-state index in [1.54, 1.807) is 0 Å². The van der Waals surface area contributed by atoms with E-state index in [9.17, 15) is 0 Å². The van der Waals surface area contributed by atoms with Crippen LogP contribution in [0.4, 0.5) is 0 Å². The van der Waals surface area contributed by atoms with Gasteiger partial charge in [0.25, 0.3) is 0 Å². The van der Waals surface area contributed by atoms with Crippen molar-refractivity contribution in [3.63, 3.8) is 0 Å². The Morgan fingerprint density at radius 2 is 1.86 bits per heavy atom. The van der Waals surface area contributed by atoms with Crippen molar-refractivity contribution in [1.29, 1.82) is 0 Å². The Kier molecular flexibility index (Phi) is 1.91. The molecule has 0 atom stereocenters. The van der Waals surface area contributed by atoms with Gasteiger partial charge < -0.3 is 4.42 Å². The van der Waals surface area contributed by atoms with Crippen LogP contribution in [0, 0.1) is 6.92 Å². The lowest BCUT2D eigenvalue weighted by Gasteiger charge is -2.18. The van der Waals surface area contributed by atoms with Gasteiger partial charge in [0.15, 0.2) is 0 Å². The summed E-state index contributed by atoms with van der Waals surface area (Å²) in [6.45, 7) is 8.62. The SMILES string of the molecule is Cc1cc2cccc(C(C)(C)C)c2o1. The number of hydrogen-bond acceptors (Lipinski definition) is 1. The first-order valence-corrected chi connectivity index (χ1v) is 4.98. The van der Waals surface area contributed by atoms with Crippen LogP contribution in [0.1, 0.15) is 32.1 Å². The van der Waals surface area contributed by atoms with Gasteiger partial charge >= 0.3 is 0 Å². The van der Waals surface area contributed by atoms with E-state index in [4.69, 9.17) is 4.42 Å². The predicted molar refractivity (Wildman–Crippen MR) is 59.7 cm³/mol. The number of furan rings is 1. The van der Waals surface area contributed by atoms with E-state index < -0.39 is 0 Å². The van der Waals surface area contributed by atoms with E-state index in [1.807, 2.05) is 6.92 Å². The van der Waals surface area contributed by atoms with Crippen molar-refractivity contribution in [2.75, 3.05) is 0 Å². The topological polar surface area (TPSA) is 13.1 Å². The average molecular weight is 188 g/mol. The van der Waals surface area contributed by atoms with Crippen molar-refractivity contribution in [3.8, 4) is 0 Å². The van der Waals surface area contributed by atoms with Crippen LogP contribution in [0.3, 0.4) is 0 Å². The van der Waals surface area contributed by atoms with Gasteiger partial charge in [0.05, 0.1) is 0 Å². The summed E-state index contributed by atoms with van der Waals surface area (Å²) in [6.07, 6.45) is 0. The summed E-state index contributed by atoms with van der Waals surface area (Å²) in [7, 11) is 0. The molecule has 2 rings (SSSR count). The summed E-state index contributed by atoms with van der Waals surface area (Å²) in [4.78, 5) is 0. The number of rotatable bonds is 0. The highest BCUT2D eigenvalue weighted by Crippen LogP contribution is 2.31. The average Bonchev–Trinajstić information content (AvgIpc) is 2.41. The highest BCUT2D eigenvalue weighted by Gasteiger charge is 2.18. The van der Waals surface area contributed by atoms with Gasteiger partial charge in [-0.25, -0.2) is 0 Å². The van der Waals surface area contributed by atoms with Crippen molar-refractivity contribution in [1.82, 2.24) is 0 Å². The van der Waals surface area contributed by atoms with E-state index in [2.05, 4.69) is 45.0 Å². The number of aryl methyl sites for hydroxylation is 1. The highest BCUT2D eigenvalue weighted by atomic mass is 16.3. The smallest absolute Gasteiger partial charge is 0.137 e. The van der Waals surface area contributed by atoms with Gasteiger partial charge in [-0.3, -0.25) is 0 Å². The molecule has 0 aliphatic rings. The number of benzene rings is 1. The maximum absolute atomic E-state index is 5.73. The Morgan fingerprint density at radius 3 is 2.50 bits per heavy atom. The highest BCUT2D eigenvalue weighted by molar-refractivity contribution is 5.82. The van der Waals surface area contributed by atoms with E-state index in [0.717, 1.165) is 11.3 Å². The standard InChI is InChI=1S/C13H16O/c1-9-8-10-6-5-7-11(12(10)14-9)13(2,3)4/h5-8H,1-4H3. The maximum Gasteiger partial charge on any atom is 0.137 e. The zero-order valence-corrected chi connectivity index (χ0v) is 9.22. The van der Waals surface area contributed by atoms with Crippen molar-refractivity contribution >= 4 is 11.0 Å². The molecule has 1 aromatic heterocycles. The predicted octanol–water partition coefficient (Wildman–Crippen LogP) is 4.04. The van der Waals surface area contributed by atoms with Crippen molar-refractivity contribution in [2.24, 2.45) is 0 Å². The number of fused-ring (bicyclic) bond motifs is 1. The summed E-state index contributed by atoms with van der Waals surface area (Å²) < 4.78 is 5.73. The largest absolute Gasteiger partial charge is 0.461 e. The van der Waals surface area contributed by atoms with Gasteiger partial charge in [-0.05, 0) is 18.4 Å². The molecular weight excluding hydrogens is 172 g/mol. The normalized spacial score (nSPS) is 12.3. The third-order valence-electron chi connectivity index (χ3n) is 2.48. The van der Waals surface area contributed by atoms with Gasteiger partial charge in [-0.1, -0.05) is 39.0 Å². The first-order valence-electron chi connectivity index (χ1n) is 4.98. The lowest BCUT2D eigenvalue weighted by atomic mass is 9.86. The van der Waals surface area contributed by atoms with Crippen LogP contribution >= 0.6 is 0 Å². The molecule has 0 amide bonds. The number of hydrogen-bond donors (Lipinski definition) is 0. The summed E-state index contributed by atoms with van der Waals surface area (Å²) in [5.41, 5.74) is 2.46. The molecule has 14 heavy (non-hydrogen) atoms. The molecule has 0 aliphatic heterocycles. The molecule has 0 aliphatic carbocycles. The van der Waals surface area contributed by atoms with Crippen LogP contribution in [0.25, 0.3) is 11.0 Å². The Labute approximate surface area is 84.7 Å². The van der Waals surface area contributed by atoms with E-state index in [1.165, 1.54) is 10.9 Å². The van der Waals surface area contributed by atoms with Crippen molar-refractivity contribution in [3.05, 3.63) is 35.6 Å². The second-order valence-electron chi connectivity index (χ2n) is 4.83. The lowest BCUT2D eigenvalue weighted by Crippen LogP contribution is -2.10. The van der Waals surface area contributed by atoms with Gasteiger partial charge in [0.1, 0.15) is 11.3 Å². The summed E-state index contributed by atoms with van der Waals surface area (Å²) in [6, 6.07) is 8.43. The molecule has 0 saturated heterocycles. The molecule has 2 aromatic rings. The zero-order valence-electron chi connectivity index (χ0n) is 9.22. The zero-order chi connectivity index (χ0) is 10.3. The van der Waals surface area contributed by atoms with Crippen LogP contribution in [0.5, 0.6) is 0 Å². The summed E-state index contributed by atoms with van der Waals surface area (Å²) in [5, 5.41) is 1.20. The Morgan fingerprint density at radius 1 is 1.14 bits per heavy atom. The van der Waals surface area contributed by atoms with Crippen LogP contribution in [0.15, 0.2) is 28.7 Å². The molecule has 0 unspecified atom stereocenters. The fraction of sp³-hybridized carbons (Fsp3) is 0.385. The van der Waals surface area contributed by atoms with Gasteiger partial charge in [-0.15, -0.1) is 0 Å². The molecule has 0 saturated carbocycles. The summed E-state index contributed by atoms with van der Waals surface area (Å²) in [5.74, 6) is 0.983. The molecule has 1 aromatic carbocycles. The van der Waals surface area contributed by atoms with Gasteiger partial charge in [0.2, 0.25) is 0 Å². The summed E-state index contributed by atoms with van der Waals surface area (Å²) >= 11 is 0. The minimum atomic E-state index is 0.143. The minimum Gasteiger partial charge on any atom is -0.461 e. The first kappa shape index (κ1) is 9.32. The minimum absolute atomic E-state index is 0.143. The second-order valence-corrected chi connectivity index (χ2v) is 4.83. The van der Waals surface area contributed by atoms with Crippen LogP contribution in [0.2, 0.25) is 0 Å². The second kappa shape index (κ2) is 2.88. The molecule has 0 spiro atoms. The molecule has 0 N–H and O–H groups in total. The van der Waals surface area contributed by atoms with Crippen LogP contribution < -0.4 is 0 Å². The van der Waals surface area contributed by atoms with E-state index in [-0.39, 0.29) is 5.41 Å². The van der Waals surface area contributed by atoms with Crippen LogP contribution in [-0.2, 0) is 5.41 Å². The monoisotopic (exact) mass is 188 g/mol. The van der Waals surface area contributed by atoms with Gasteiger partial charge in [-0.2, -0.15) is 0 Å². The molecule has 74 valence electrons. The Balaban J connectivity index is 2.77. The maximum atomic E-state index is 5.73. The van der Waals surface area contributed by atoms with E-state index in [0.29, 0.717) is 0 Å². The third-order valence-corrected chi connectivity index (χ3v) is 2.48. The number of para-hydroxylation sites is 1. The Hall–Kier alpha value is -1.24. The molecule has 0 radical (unpaired) electrons. The molecule has 0 fully saturated rings. The van der Waals surface area contributed by atoms with Crippen molar-refractivity contribution < 1.29 is 4.42 Å². The van der Waals surface area contributed by atoms with Crippen molar-refractivity contribution in [2.45, 2.75) is 33.1 Å². The fourth-order valence-electron chi connectivity index (χ4n) is 1.78. The molecule has 1 heteroatoms. The molecule has 1 nitrogen and oxygen atoms in total. The van der Waals surface area contributed by atoms with Crippen LogP contribution in [-0.4, -0.2) is 0 Å². The van der Waals surface area contributed by atoms with E-state index >= 15 is 0 Å². The fourth-order valence-corrected chi connectivity index (χ4v) is 1.78. The quantitative estimate of drug-likeness (QED) is 0.608. The first-order chi connectivity index (χ1) is 6.48. The van der Waals surface area contributed by atoms with Gasteiger partial charge in [0, 0.05) is 10.9 Å².